The van der Waals surface area contributed by atoms with Gasteiger partial charge in [-0.15, -0.1) is 0 Å². The molecule has 0 bridgehead atoms. The molecule has 0 saturated carbocycles. The highest BCUT2D eigenvalue weighted by molar-refractivity contribution is 5.42. The predicted octanol–water partition coefficient (Wildman–Crippen LogP) is 3.32. The molecule has 0 aliphatic carbocycles. The van der Waals surface area contributed by atoms with Gasteiger partial charge in [-0.1, -0.05) is 29.3 Å². The zero-order chi connectivity index (χ0) is 14.5. The number of hydrogen-bond acceptors (Lipinski definition) is 3. The third kappa shape index (κ3) is 3.84. The van der Waals surface area contributed by atoms with E-state index in [0.717, 1.165) is 12.2 Å². The van der Waals surface area contributed by atoms with Crippen molar-refractivity contribution in [1.82, 2.24) is 9.78 Å². The third-order valence-electron chi connectivity index (χ3n) is 3.28. The van der Waals surface area contributed by atoms with Crippen LogP contribution >= 0.6 is 0 Å². The minimum absolute atomic E-state index is 0.258. The van der Waals surface area contributed by atoms with Gasteiger partial charge in [-0.05, 0) is 26.3 Å². The van der Waals surface area contributed by atoms with E-state index in [1.165, 1.54) is 16.7 Å². The molecular formula is C16H23N3O. The smallest absolute Gasteiger partial charge is 0.0731 e. The first-order chi connectivity index (χ1) is 9.58. The molecule has 2 rings (SSSR count). The summed E-state index contributed by atoms with van der Waals surface area (Å²) < 4.78 is 6.94. The Morgan fingerprint density at radius 2 is 1.95 bits per heavy atom. The van der Waals surface area contributed by atoms with Crippen molar-refractivity contribution in [3.63, 3.8) is 0 Å². The highest BCUT2D eigenvalue weighted by Crippen LogP contribution is 2.21. The average Bonchev–Trinajstić information content (AvgIpc) is 2.82. The van der Waals surface area contributed by atoms with Crippen LogP contribution in [-0.4, -0.2) is 23.5 Å². The first kappa shape index (κ1) is 14.6. The highest BCUT2D eigenvalue weighted by Gasteiger charge is 2.08. The molecule has 108 valence electrons. The molecule has 1 aromatic carbocycles. The van der Waals surface area contributed by atoms with E-state index in [9.17, 15) is 0 Å². The van der Waals surface area contributed by atoms with Crippen LogP contribution in [0.1, 0.15) is 29.7 Å². The van der Waals surface area contributed by atoms with E-state index in [1.54, 1.807) is 7.11 Å². The normalized spacial score (nSPS) is 12.4. The summed E-state index contributed by atoms with van der Waals surface area (Å²) in [4.78, 5) is 0. The Balaban J connectivity index is 2.03. The van der Waals surface area contributed by atoms with E-state index in [4.69, 9.17) is 4.74 Å². The second-order valence-electron chi connectivity index (χ2n) is 5.27. The van der Waals surface area contributed by atoms with E-state index in [2.05, 4.69) is 49.4 Å². The topological polar surface area (TPSA) is 39.1 Å². The number of benzene rings is 1. The summed E-state index contributed by atoms with van der Waals surface area (Å²) in [5, 5.41) is 7.79. The number of ether oxygens (including phenoxy) is 1. The maximum absolute atomic E-state index is 5.05. The van der Waals surface area contributed by atoms with Crippen LogP contribution in [0.2, 0.25) is 0 Å². The van der Waals surface area contributed by atoms with Gasteiger partial charge in [-0.2, -0.15) is 5.10 Å². The van der Waals surface area contributed by atoms with Crippen molar-refractivity contribution in [3.05, 3.63) is 47.3 Å². The number of nitrogens with zero attached hydrogens (tertiary/aromatic N) is 2. The molecule has 0 radical (unpaired) electrons. The van der Waals surface area contributed by atoms with Gasteiger partial charge in [-0.3, -0.25) is 4.68 Å². The van der Waals surface area contributed by atoms with E-state index in [0.29, 0.717) is 6.61 Å². The van der Waals surface area contributed by atoms with Crippen LogP contribution < -0.4 is 5.32 Å². The summed E-state index contributed by atoms with van der Waals surface area (Å²) in [5.74, 6) is 0. The minimum atomic E-state index is 0.258. The molecular weight excluding hydrogens is 250 g/mol. The molecule has 4 heteroatoms. The number of aromatic nitrogens is 2. The lowest BCUT2D eigenvalue weighted by Crippen LogP contribution is -2.07. The molecule has 0 fully saturated rings. The Hall–Kier alpha value is -1.81. The van der Waals surface area contributed by atoms with Gasteiger partial charge in [0, 0.05) is 19.3 Å². The zero-order valence-electron chi connectivity index (χ0n) is 12.7. The summed E-state index contributed by atoms with van der Waals surface area (Å²) in [6.45, 7) is 7.88. The first-order valence-electron chi connectivity index (χ1n) is 6.94. The lowest BCUT2D eigenvalue weighted by Gasteiger charge is -2.15. The first-order valence-corrected chi connectivity index (χ1v) is 6.94. The van der Waals surface area contributed by atoms with Gasteiger partial charge in [0.25, 0.3) is 0 Å². The maximum atomic E-state index is 5.05. The van der Waals surface area contributed by atoms with Crippen molar-refractivity contribution in [3.8, 4) is 0 Å². The Morgan fingerprint density at radius 3 is 2.60 bits per heavy atom. The summed E-state index contributed by atoms with van der Waals surface area (Å²) in [5.41, 5.74) is 4.92. The summed E-state index contributed by atoms with van der Waals surface area (Å²) in [6.07, 6.45) is 3.87. The van der Waals surface area contributed by atoms with Crippen LogP contribution in [0.5, 0.6) is 0 Å². The van der Waals surface area contributed by atoms with Crippen molar-refractivity contribution >= 4 is 5.69 Å². The lowest BCUT2D eigenvalue weighted by atomic mass is 10.0. The number of hydrogen-bond donors (Lipinski definition) is 1. The fourth-order valence-electron chi connectivity index (χ4n) is 2.34. The maximum Gasteiger partial charge on any atom is 0.0731 e. The molecule has 0 spiro atoms. The van der Waals surface area contributed by atoms with Crippen LogP contribution in [0.25, 0.3) is 0 Å². The van der Waals surface area contributed by atoms with Crippen molar-refractivity contribution in [2.75, 3.05) is 19.0 Å². The van der Waals surface area contributed by atoms with Gasteiger partial charge in [0.2, 0.25) is 0 Å². The fourth-order valence-corrected chi connectivity index (χ4v) is 2.34. The molecule has 2 aromatic rings. The van der Waals surface area contributed by atoms with Crippen LogP contribution in [0, 0.1) is 13.8 Å². The lowest BCUT2D eigenvalue weighted by molar-refractivity contribution is 0.183. The molecule has 4 nitrogen and oxygen atoms in total. The van der Waals surface area contributed by atoms with E-state index in [1.807, 2.05) is 17.1 Å². The SMILES string of the molecule is COCCn1cc(NC(C)c2cc(C)cc(C)c2)cn1. The molecule has 0 aliphatic rings. The van der Waals surface area contributed by atoms with Crippen molar-refractivity contribution < 1.29 is 4.74 Å². The molecule has 1 atom stereocenters. The van der Waals surface area contributed by atoms with Gasteiger partial charge >= 0.3 is 0 Å². The van der Waals surface area contributed by atoms with Crippen LogP contribution in [0.4, 0.5) is 5.69 Å². The monoisotopic (exact) mass is 273 g/mol. The van der Waals surface area contributed by atoms with Crippen molar-refractivity contribution in [2.45, 2.75) is 33.4 Å². The Bertz CT molecular complexity index is 542. The second-order valence-corrected chi connectivity index (χ2v) is 5.27. The number of methoxy groups -OCH3 is 1. The van der Waals surface area contributed by atoms with Crippen LogP contribution in [-0.2, 0) is 11.3 Å². The molecule has 1 heterocycles. The largest absolute Gasteiger partial charge is 0.383 e. The van der Waals surface area contributed by atoms with Crippen molar-refractivity contribution in [1.29, 1.82) is 0 Å². The molecule has 1 N–H and O–H groups in total. The van der Waals surface area contributed by atoms with E-state index < -0.39 is 0 Å². The van der Waals surface area contributed by atoms with Crippen LogP contribution in [0.15, 0.2) is 30.6 Å². The molecule has 0 amide bonds. The molecule has 20 heavy (non-hydrogen) atoms. The number of aryl methyl sites for hydroxylation is 2. The van der Waals surface area contributed by atoms with E-state index >= 15 is 0 Å². The fraction of sp³-hybridized carbons (Fsp3) is 0.438. The molecule has 0 aliphatic heterocycles. The predicted molar refractivity (Wildman–Crippen MR) is 82.1 cm³/mol. The zero-order valence-corrected chi connectivity index (χ0v) is 12.7. The Labute approximate surface area is 120 Å². The highest BCUT2D eigenvalue weighted by atomic mass is 16.5. The van der Waals surface area contributed by atoms with Crippen LogP contribution in [0.3, 0.4) is 0 Å². The minimum Gasteiger partial charge on any atom is -0.383 e. The standard InChI is InChI=1S/C16H23N3O/c1-12-7-13(2)9-15(8-12)14(3)18-16-10-17-19(11-16)5-6-20-4/h7-11,14,18H,5-6H2,1-4H3. The summed E-state index contributed by atoms with van der Waals surface area (Å²) in [6, 6.07) is 6.90. The molecule has 1 aromatic heterocycles. The number of anilines is 1. The van der Waals surface area contributed by atoms with Crippen molar-refractivity contribution in [2.24, 2.45) is 0 Å². The number of nitrogens with one attached hydrogen (secondary N) is 1. The van der Waals surface area contributed by atoms with Gasteiger partial charge < -0.3 is 10.1 Å². The number of rotatable bonds is 6. The third-order valence-corrected chi connectivity index (χ3v) is 3.28. The van der Waals surface area contributed by atoms with Gasteiger partial charge in [-0.25, -0.2) is 0 Å². The molecule has 0 saturated heterocycles. The molecule has 1 unspecified atom stereocenters. The Kier molecular flexibility index (Phi) is 4.79. The second kappa shape index (κ2) is 6.57. The van der Waals surface area contributed by atoms with Gasteiger partial charge in [0.15, 0.2) is 0 Å². The van der Waals surface area contributed by atoms with E-state index in [-0.39, 0.29) is 6.04 Å². The average molecular weight is 273 g/mol. The summed E-state index contributed by atoms with van der Waals surface area (Å²) in [7, 11) is 1.70. The Morgan fingerprint density at radius 1 is 1.25 bits per heavy atom. The van der Waals surface area contributed by atoms with Gasteiger partial charge in [0.05, 0.1) is 25.0 Å². The quantitative estimate of drug-likeness (QED) is 0.877. The summed E-state index contributed by atoms with van der Waals surface area (Å²) >= 11 is 0. The van der Waals surface area contributed by atoms with Gasteiger partial charge in [0.1, 0.15) is 0 Å².